The molecule has 2 rings (SSSR count). The molecule has 2 unspecified atom stereocenters. The summed E-state index contributed by atoms with van der Waals surface area (Å²) in [5, 5.41) is 11.9. The fourth-order valence-electron chi connectivity index (χ4n) is 2.34. The molecule has 1 aromatic carbocycles. The molecule has 1 aliphatic rings. The number of rotatable bonds is 8. The molecule has 2 N–H and O–H groups in total. The second-order valence-electron chi connectivity index (χ2n) is 5.34. The summed E-state index contributed by atoms with van der Waals surface area (Å²) >= 11 is 0. The average Bonchev–Trinajstić information content (AvgIpc) is 2.99. The summed E-state index contributed by atoms with van der Waals surface area (Å²) in [6.45, 7) is 6.13. The average molecular weight is 319 g/mol. The maximum Gasteiger partial charge on any atom is 0.330 e. The van der Waals surface area contributed by atoms with Crippen molar-refractivity contribution >= 4 is 11.9 Å². The lowest BCUT2D eigenvalue weighted by Crippen LogP contribution is -2.40. The molecule has 0 aromatic heterocycles. The van der Waals surface area contributed by atoms with Gasteiger partial charge in [0.2, 0.25) is 5.91 Å². The number of hydrogen-bond donors (Lipinski definition) is 2. The van der Waals surface area contributed by atoms with Gasteiger partial charge in [0.1, 0.15) is 11.9 Å². The largest absolute Gasteiger partial charge is 0.493 e. The van der Waals surface area contributed by atoms with E-state index in [1.165, 1.54) is 0 Å². The number of hydrogen-bond acceptors (Lipinski definition) is 4. The van der Waals surface area contributed by atoms with Gasteiger partial charge in [-0.3, -0.25) is 4.79 Å². The van der Waals surface area contributed by atoms with Crippen LogP contribution in [0.1, 0.15) is 30.5 Å². The van der Waals surface area contributed by atoms with E-state index in [4.69, 9.17) is 9.47 Å². The van der Waals surface area contributed by atoms with Gasteiger partial charge in [0.15, 0.2) is 6.04 Å². The van der Waals surface area contributed by atoms with Gasteiger partial charge in [-0.15, -0.1) is 6.58 Å². The van der Waals surface area contributed by atoms with Crippen LogP contribution < -0.4 is 10.1 Å². The molecule has 124 valence electrons. The molecular weight excluding hydrogens is 298 g/mol. The summed E-state index contributed by atoms with van der Waals surface area (Å²) in [5.74, 6) is -0.806. The number of carboxylic acid groups (broad SMARTS) is 1. The fourth-order valence-corrected chi connectivity index (χ4v) is 2.34. The van der Waals surface area contributed by atoms with Gasteiger partial charge in [-0.25, -0.2) is 4.79 Å². The highest BCUT2D eigenvalue weighted by atomic mass is 16.5. The summed E-state index contributed by atoms with van der Waals surface area (Å²) in [7, 11) is 0. The van der Waals surface area contributed by atoms with Crippen molar-refractivity contribution in [3.05, 3.63) is 42.0 Å². The minimum atomic E-state index is -1.12. The highest BCUT2D eigenvalue weighted by Gasteiger charge is 2.26. The van der Waals surface area contributed by atoms with Gasteiger partial charge in [-0.1, -0.05) is 12.1 Å². The Balaban J connectivity index is 2.05. The molecule has 1 aliphatic heterocycles. The van der Waals surface area contributed by atoms with E-state index in [-0.39, 0.29) is 0 Å². The van der Waals surface area contributed by atoms with E-state index >= 15 is 0 Å². The number of fused-ring (bicyclic) bond motifs is 1. The van der Waals surface area contributed by atoms with Gasteiger partial charge < -0.3 is 19.9 Å². The molecule has 1 aromatic rings. The highest BCUT2D eigenvalue weighted by Crippen LogP contribution is 2.28. The smallest absolute Gasteiger partial charge is 0.330 e. The van der Waals surface area contributed by atoms with Crippen molar-refractivity contribution in [2.75, 3.05) is 13.2 Å². The Morgan fingerprint density at radius 1 is 1.52 bits per heavy atom. The van der Waals surface area contributed by atoms with Gasteiger partial charge in [0, 0.05) is 6.42 Å². The second-order valence-corrected chi connectivity index (χ2v) is 5.34. The number of carbonyl (C=O) groups excluding carboxylic acids is 1. The first kappa shape index (κ1) is 17.0. The number of amides is 1. The van der Waals surface area contributed by atoms with Crippen molar-refractivity contribution in [2.45, 2.75) is 31.9 Å². The molecule has 0 radical (unpaired) electrons. The third-order valence-corrected chi connectivity index (χ3v) is 3.64. The quantitative estimate of drug-likeness (QED) is 0.564. The van der Waals surface area contributed by atoms with Crippen molar-refractivity contribution in [3.63, 3.8) is 0 Å². The van der Waals surface area contributed by atoms with E-state index < -0.39 is 24.0 Å². The van der Waals surface area contributed by atoms with Crippen molar-refractivity contribution < 1.29 is 24.2 Å². The normalized spacial score (nSPS) is 15.2. The lowest BCUT2D eigenvalue weighted by Gasteiger charge is -2.19. The molecule has 2 atom stereocenters. The summed E-state index contributed by atoms with van der Waals surface area (Å²) < 4.78 is 10.7. The SMILES string of the molecule is C=CCCOC(C)C(=O)NC(C(=O)O)c1ccc2c(c1)CCO2. The number of ether oxygens (including phenoxy) is 2. The maximum absolute atomic E-state index is 12.1. The van der Waals surface area contributed by atoms with E-state index in [0.717, 1.165) is 17.7 Å². The lowest BCUT2D eigenvalue weighted by molar-refractivity contribution is -0.144. The van der Waals surface area contributed by atoms with Gasteiger partial charge in [0.05, 0.1) is 13.2 Å². The van der Waals surface area contributed by atoms with Crippen molar-refractivity contribution in [3.8, 4) is 5.75 Å². The Morgan fingerprint density at radius 3 is 3.00 bits per heavy atom. The Labute approximate surface area is 135 Å². The Morgan fingerprint density at radius 2 is 2.30 bits per heavy atom. The molecule has 0 bridgehead atoms. The summed E-state index contributed by atoms with van der Waals surface area (Å²) in [5.41, 5.74) is 1.48. The van der Waals surface area contributed by atoms with E-state index in [1.54, 1.807) is 31.2 Å². The van der Waals surface area contributed by atoms with Crippen LogP contribution in [0, 0.1) is 0 Å². The Bertz CT molecular complexity index is 599. The lowest BCUT2D eigenvalue weighted by atomic mass is 10.0. The van der Waals surface area contributed by atoms with Crippen LogP contribution in [0.4, 0.5) is 0 Å². The van der Waals surface area contributed by atoms with E-state index in [1.807, 2.05) is 0 Å². The molecule has 0 spiro atoms. The molecule has 0 aliphatic carbocycles. The third-order valence-electron chi connectivity index (χ3n) is 3.64. The summed E-state index contributed by atoms with van der Waals surface area (Å²) in [6.07, 6.45) is 2.33. The molecule has 0 fully saturated rings. The van der Waals surface area contributed by atoms with Crippen LogP contribution in [-0.2, 0) is 20.7 Å². The zero-order valence-corrected chi connectivity index (χ0v) is 13.1. The molecule has 6 heteroatoms. The number of carbonyl (C=O) groups is 2. The van der Waals surface area contributed by atoms with Crippen LogP contribution in [0.2, 0.25) is 0 Å². The van der Waals surface area contributed by atoms with Crippen molar-refractivity contribution in [1.29, 1.82) is 0 Å². The standard InChI is InChI=1S/C17H21NO5/c1-3-4-8-22-11(2)16(19)18-15(17(20)21)13-5-6-14-12(10-13)7-9-23-14/h3,5-6,10-11,15H,1,4,7-9H2,2H3,(H,18,19)(H,20,21). The van der Waals surface area contributed by atoms with Gasteiger partial charge in [-0.2, -0.15) is 0 Å². The van der Waals surface area contributed by atoms with Crippen LogP contribution in [0.15, 0.2) is 30.9 Å². The highest BCUT2D eigenvalue weighted by molar-refractivity contribution is 5.86. The van der Waals surface area contributed by atoms with E-state index in [9.17, 15) is 14.7 Å². The molecular formula is C17H21NO5. The molecule has 0 saturated heterocycles. The minimum Gasteiger partial charge on any atom is -0.493 e. The monoisotopic (exact) mass is 319 g/mol. The van der Waals surface area contributed by atoms with Crippen molar-refractivity contribution in [1.82, 2.24) is 5.32 Å². The Hall–Kier alpha value is -2.34. The van der Waals surface area contributed by atoms with Crippen LogP contribution >= 0.6 is 0 Å². The topological polar surface area (TPSA) is 84.9 Å². The first-order chi connectivity index (χ1) is 11.0. The molecule has 1 heterocycles. The number of benzene rings is 1. The predicted octanol–water partition coefficient (Wildman–Crippen LogP) is 1.84. The van der Waals surface area contributed by atoms with Crippen LogP contribution in [-0.4, -0.2) is 36.3 Å². The van der Waals surface area contributed by atoms with Crippen molar-refractivity contribution in [2.24, 2.45) is 0 Å². The first-order valence-corrected chi connectivity index (χ1v) is 7.54. The minimum absolute atomic E-state index is 0.367. The third kappa shape index (κ3) is 4.32. The molecule has 1 amide bonds. The van der Waals surface area contributed by atoms with Gasteiger partial charge in [-0.05, 0) is 36.6 Å². The fraction of sp³-hybridized carbons (Fsp3) is 0.412. The number of nitrogens with one attached hydrogen (secondary N) is 1. The van der Waals surface area contributed by atoms with Gasteiger partial charge in [0.25, 0.3) is 0 Å². The van der Waals surface area contributed by atoms with E-state index in [0.29, 0.717) is 25.2 Å². The zero-order valence-electron chi connectivity index (χ0n) is 13.1. The van der Waals surface area contributed by atoms with E-state index in [2.05, 4.69) is 11.9 Å². The molecule has 6 nitrogen and oxygen atoms in total. The second kappa shape index (κ2) is 7.78. The maximum atomic E-state index is 12.1. The van der Waals surface area contributed by atoms with Crippen LogP contribution in [0.3, 0.4) is 0 Å². The zero-order chi connectivity index (χ0) is 16.8. The Kier molecular flexibility index (Phi) is 5.76. The van der Waals surface area contributed by atoms with Gasteiger partial charge >= 0.3 is 5.97 Å². The summed E-state index contributed by atoms with van der Waals surface area (Å²) in [6, 6.07) is 4.06. The number of aliphatic carboxylic acids is 1. The summed E-state index contributed by atoms with van der Waals surface area (Å²) in [4.78, 5) is 23.6. The van der Waals surface area contributed by atoms with Crippen LogP contribution in [0.25, 0.3) is 0 Å². The first-order valence-electron chi connectivity index (χ1n) is 7.54. The predicted molar refractivity (Wildman–Crippen MR) is 84.4 cm³/mol. The molecule has 0 saturated carbocycles. The number of carboxylic acids is 1. The van der Waals surface area contributed by atoms with Crippen LogP contribution in [0.5, 0.6) is 5.75 Å². The molecule has 23 heavy (non-hydrogen) atoms.